The molecule has 110 valence electrons. The van der Waals surface area contributed by atoms with Crippen LogP contribution in [0.4, 0.5) is 4.39 Å². The van der Waals surface area contributed by atoms with Gasteiger partial charge in [0.1, 0.15) is 0 Å². The summed E-state index contributed by atoms with van der Waals surface area (Å²) in [6.07, 6.45) is 0. The van der Waals surface area contributed by atoms with E-state index in [9.17, 15) is 14.3 Å². The second kappa shape index (κ2) is 7.40. The number of aliphatic hydroxyl groups excluding tert-OH is 1. The molecule has 1 amide bonds. The first kappa shape index (κ1) is 15.0. The van der Waals surface area contributed by atoms with Crippen LogP contribution in [0.1, 0.15) is 11.6 Å². The molecule has 0 aromatic heterocycles. The molecule has 2 aromatic rings. The predicted octanol–water partition coefficient (Wildman–Crippen LogP) is 2.05. The van der Waals surface area contributed by atoms with Crippen molar-refractivity contribution in [3.05, 3.63) is 66.0 Å². The van der Waals surface area contributed by atoms with Crippen molar-refractivity contribution in [3.63, 3.8) is 0 Å². The van der Waals surface area contributed by atoms with E-state index < -0.39 is 17.8 Å². The Bertz CT molecular complexity index is 589. The molecule has 0 aliphatic heterocycles. The molecule has 0 aliphatic carbocycles. The van der Waals surface area contributed by atoms with Crippen LogP contribution in [0.5, 0.6) is 5.75 Å². The highest BCUT2D eigenvalue weighted by Crippen LogP contribution is 2.15. The minimum absolute atomic E-state index is 0.0212. The van der Waals surface area contributed by atoms with E-state index in [4.69, 9.17) is 4.74 Å². The third-order valence-electron chi connectivity index (χ3n) is 2.92. The van der Waals surface area contributed by atoms with Crippen molar-refractivity contribution in [2.75, 3.05) is 13.2 Å². The number of benzene rings is 2. The minimum atomic E-state index is -0.521. The zero-order valence-corrected chi connectivity index (χ0v) is 11.3. The Morgan fingerprint density at radius 1 is 1.14 bits per heavy atom. The van der Waals surface area contributed by atoms with Gasteiger partial charge in [-0.05, 0) is 17.7 Å². The highest BCUT2D eigenvalue weighted by Gasteiger charge is 2.14. The lowest BCUT2D eigenvalue weighted by atomic mass is 10.1. The lowest BCUT2D eigenvalue weighted by Gasteiger charge is -2.17. The molecule has 2 N–H and O–H groups in total. The first-order valence-electron chi connectivity index (χ1n) is 6.53. The molecule has 5 heteroatoms. The number of ether oxygens (including phenoxy) is 1. The smallest absolute Gasteiger partial charge is 0.258 e. The maximum absolute atomic E-state index is 13.3. The van der Waals surface area contributed by atoms with Crippen LogP contribution in [0, 0.1) is 5.82 Å². The maximum atomic E-state index is 13.3. The topological polar surface area (TPSA) is 58.6 Å². The van der Waals surface area contributed by atoms with E-state index in [0.29, 0.717) is 0 Å². The van der Waals surface area contributed by atoms with Gasteiger partial charge in [0.25, 0.3) is 5.91 Å². The lowest BCUT2D eigenvalue weighted by Crippen LogP contribution is -2.34. The van der Waals surface area contributed by atoms with Crippen LogP contribution in [0.25, 0.3) is 0 Å². The number of carbonyl (C=O) groups excluding carboxylic acids is 1. The summed E-state index contributed by atoms with van der Waals surface area (Å²) in [5.74, 6) is -0.930. The molecule has 2 rings (SSSR count). The summed E-state index contributed by atoms with van der Waals surface area (Å²) in [7, 11) is 0. The Morgan fingerprint density at radius 2 is 1.81 bits per heavy atom. The summed E-state index contributed by atoms with van der Waals surface area (Å²) in [6.45, 7) is -0.542. The van der Waals surface area contributed by atoms with Gasteiger partial charge in [-0.15, -0.1) is 0 Å². The van der Waals surface area contributed by atoms with Crippen molar-refractivity contribution < 1.29 is 19.0 Å². The van der Waals surface area contributed by atoms with E-state index in [1.807, 2.05) is 18.2 Å². The number of para-hydroxylation sites is 1. The van der Waals surface area contributed by atoms with Crippen molar-refractivity contribution in [1.82, 2.24) is 5.32 Å². The van der Waals surface area contributed by atoms with Gasteiger partial charge in [0.2, 0.25) is 0 Å². The summed E-state index contributed by atoms with van der Waals surface area (Å²) in [4.78, 5) is 11.8. The molecular weight excluding hydrogens is 273 g/mol. The van der Waals surface area contributed by atoms with Crippen LogP contribution in [-0.4, -0.2) is 24.2 Å². The Morgan fingerprint density at radius 3 is 2.48 bits per heavy atom. The number of nitrogens with one attached hydrogen (secondary N) is 1. The third kappa shape index (κ3) is 4.29. The quantitative estimate of drug-likeness (QED) is 0.855. The normalized spacial score (nSPS) is 11.7. The molecule has 0 aliphatic rings. The molecule has 0 heterocycles. The van der Waals surface area contributed by atoms with Gasteiger partial charge in [0, 0.05) is 0 Å². The Kier molecular flexibility index (Phi) is 5.29. The third-order valence-corrected chi connectivity index (χ3v) is 2.92. The van der Waals surface area contributed by atoms with E-state index >= 15 is 0 Å². The van der Waals surface area contributed by atoms with Gasteiger partial charge in [-0.25, -0.2) is 4.39 Å². The van der Waals surface area contributed by atoms with Crippen LogP contribution >= 0.6 is 0 Å². The molecule has 0 bridgehead atoms. The highest BCUT2D eigenvalue weighted by molar-refractivity contribution is 5.78. The molecule has 0 spiro atoms. The Labute approximate surface area is 122 Å². The van der Waals surface area contributed by atoms with Gasteiger partial charge in [-0.3, -0.25) is 4.79 Å². The molecule has 0 fully saturated rings. The molecule has 0 unspecified atom stereocenters. The monoisotopic (exact) mass is 289 g/mol. The molecule has 2 aromatic carbocycles. The first-order chi connectivity index (χ1) is 10.2. The van der Waals surface area contributed by atoms with Crippen molar-refractivity contribution in [2.45, 2.75) is 6.04 Å². The van der Waals surface area contributed by atoms with E-state index in [1.165, 1.54) is 12.1 Å². The summed E-state index contributed by atoms with van der Waals surface area (Å²) < 4.78 is 18.4. The van der Waals surface area contributed by atoms with Crippen molar-refractivity contribution in [3.8, 4) is 5.75 Å². The number of hydrogen-bond acceptors (Lipinski definition) is 3. The van der Waals surface area contributed by atoms with E-state index in [0.717, 1.165) is 5.56 Å². The number of aliphatic hydroxyl groups is 1. The van der Waals surface area contributed by atoms with Gasteiger partial charge in [0.15, 0.2) is 18.2 Å². The number of halogens is 1. The number of rotatable bonds is 6. The van der Waals surface area contributed by atoms with Crippen molar-refractivity contribution >= 4 is 5.91 Å². The molecule has 21 heavy (non-hydrogen) atoms. The SMILES string of the molecule is O=C(COc1ccccc1F)N[C@H](CO)c1ccccc1. The van der Waals surface area contributed by atoms with Crippen LogP contribution in [0.3, 0.4) is 0 Å². The fourth-order valence-corrected chi connectivity index (χ4v) is 1.86. The number of hydrogen-bond donors (Lipinski definition) is 2. The van der Waals surface area contributed by atoms with E-state index in [-0.39, 0.29) is 19.0 Å². The van der Waals surface area contributed by atoms with Gasteiger partial charge in [0.05, 0.1) is 12.6 Å². The zero-order valence-electron chi connectivity index (χ0n) is 11.3. The van der Waals surface area contributed by atoms with Gasteiger partial charge >= 0.3 is 0 Å². The molecular formula is C16H16FNO3. The highest BCUT2D eigenvalue weighted by atomic mass is 19.1. The zero-order chi connectivity index (χ0) is 15.1. The molecule has 0 radical (unpaired) electrons. The average Bonchev–Trinajstić information content (AvgIpc) is 2.52. The number of carbonyl (C=O) groups is 1. The largest absolute Gasteiger partial charge is 0.481 e. The first-order valence-corrected chi connectivity index (χ1v) is 6.53. The number of amides is 1. The maximum Gasteiger partial charge on any atom is 0.258 e. The fourth-order valence-electron chi connectivity index (χ4n) is 1.86. The standard InChI is InChI=1S/C16H16FNO3/c17-13-8-4-5-9-15(13)21-11-16(20)18-14(10-19)12-6-2-1-3-7-12/h1-9,14,19H,10-11H2,(H,18,20)/t14-/m1/s1. The summed E-state index contributed by atoms with van der Waals surface area (Å²) >= 11 is 0. The minimum Gasteiger partial charge on any atom is -0.481 e. The second-order valence-corrected chi connectivity index (χ2v) is 4.43. The fraction of sp³-hybridized carbons (Fsp3) is 0.188. The molecule has 0 saturated heterocycles. The Balaban J connectivity index is 1.90. The lowest BCUT2D eigenvalue weighted by molar-refractivity contribution is -0.124. The van der Waals surface area contributed by atoms with Gasteiger partial charge in [-0.1, -0.05) is 42.5 Å². The van der Waals surface area contributed by atoms with E-state index in [2.05, 4.69) is 5.32 Å². The predicted molar refractivity (Wildman–Crippen MR) is 76.3 cm³/mol. The van der Waals surface area contributed by atoms with Crippen molar-refractivity contribution in [2.24, 2.45) is 0 Å². The molecule has 1 atom stereocenters. The summed E-state index contributed by atoms with van der Waals surface area (Å²) in [5, 5.41) is 12.0. The average molecular weight is 289 g/mol. The van der Waals surface area contributed by atoms with Crippen LogP contribution in [0.2, 0.25) is 0 Å². The van der Waals surface area contributed by atoms with Crippen LogP contribution in [0.15, 0.2) is 54.6 Å². The molecule has 4 nitrogen and oxygen atoms in total. The van der Waals surface area contributed by atoms with Gasteiger partial charge in [-0.2, -0.15) is 0 Å². The van der Waals surface area contributed by atoms with Gasteiger partial charge < -0.3 is 15.2 Å². The second-order valence-electron chi connectivity index (χ2n) is 4.43. The van der Waals surface area contributed by atoms with Crippen LogP contribution < -0.4 is 10.1 Å². The molecule has 0 saturated carbocycles. The summed E-state index contributed by atoms with van der Waals surface area (Å²) in [6, 6.07) is 14.5. The van der Waals surface area contributed by atoms with Crippen LogP contribution in [-0.2, 0) is 4.79 Å². The Hall–Kier alpha value is -2.40. The summed E-state index contributed by atoms with van der Waals surface area (Å²) in [5.41, 5.74) is 0.791. The van der Waals surface area contributed by atoms with E-state index in [1.54, 1.807) is 24.3 Å². The van der Waals surface area contributed by atoms with Crippen molar-refractivity contribution in [1.29, 1.82) is 0 Å².